The van der Waals surface area contributed by atoms with Gasteiger partial charge in [-0.25, -0.2) is 0 Å². The number of hydrogen-bond acceptors (Lipinski definition) is 3. The quantitative estimate of drug-likeness (QED) is 0.847. The van der Waals surface area contributed by atoms with E-state index < -0.39 is 0 Å². The van der Waals surface area contributed by atoms with E-state index in [1.165, 1.54) is 0 Å². The molecule has 0 aliphatic heterocycles. The van der Waals surface area contributed by atoms with E-state index in [-0.39, 0.29) is 11.8 Å². The second kappa shape index (κ2) is 6.27. The Balaban J connectivity index is 2.12. The van der Waals surface area contributed by atoms with Gasteiger partial charge in [0.05, 0.1) is 19.9 Å². The lowest BCUT2D eigenvalue weighted by molar-refractivity contribution is -0.120. The van der Waals surface area contributed by atoms with Gasteiger partial charge in [-0.2, -0.15) is 0 Å². The van der Waals surface area contributed by atoms with Crippen molar-refractivity contribution in [2.45, 2.75) is 19.3 Å². The van der Waals surface area contributed by atoms with Crippen LogP contribution in [0.25, 0.3) is 0 Å². The molecule has 0 radical (unpaired) electrons. The minimum absolute atomic E-state index is 0.0379. The Morgan fingerprint density at radius 3 is 2.74 bits per heavy atom. The molecule has 0 saturated carbocycles. The summed E-state index contributed by atoms with van der Waals surface area (Å²) >= 11 is 0. The Kier molecular flexibility index (Phi) is 4.44. The van der Waals surface area contributed by atoms with Crippen LogP contribution >= 0.6 is 0 Å². The molecule has 2 rings (SSSR count). The molecular weight excluding hydrogens is 242 g/mol. The molecule has 1 amide bonds. The summed E-state index contributed by atoms with van der Waals surface area (Å²) in [6.45, 7) is 0. The van der Waals surface area contributed by atoms with Crippen LogP contribution in [0.5, 0.6) is 11.5 Å². The zero-order valence-corrected chi connectivity index (χ0v) is 11.3. The molecule has 0 fully saturated rings. The molecule has 1 aliphatic carbocycles. The molecule has 0 aromatic heterocycles. The molecule has 1 aromatic carbocycles. The van der Waals surface area contributed by atoms with Crippen LogP contribution in [-0.2, 0) is 4.79 Å². The maximum absolute atomic E-state index is 12.2. The SMILES string of the molecule is COc1ccc(OC)c(NC(=O)[C@H]2CC=CCC2)c1. The summed E-state index contributed by atoms with van der Waals surface area (Å²) in [6.07, 6.45) is 6.85. The number of nitrogens with one attached hydrogen (secondary N) is 1. The van der Waals surface area contributed by atoms with Gasteiger partial charge in [0, 0.05) is 12.0 Å². The molecule has 1 N–H and O–H groups in total. The fraction of sp³-hybridized carbons (Fsp3) is 0.400. The average molecular weight is 261 g/mol. The van der Waals surface area contributed by atoms with Crippen LogP contribution in [0.4, 0.5) is 5.69 Å². The first-order chi connectivity index (χ1) is 9.24. The van der Waals surface area contributed by atoms with E-state index in [1.807, 2.05) is 0 Å². The monoisotopic (exact) mass is 261 g/mol. The van der Waals surface area contributed by atoms with Crippen LogP contribution in [0.15, 0.2) is 30.4 Å². The molecule has 0 heterocycles. The van der Waals surface area contributed by atoms with Gasteiger partial charge in [-0.1, -0.05) is 12.2 Å². The Morgan fingerprint density at radius 1 is 1.26 bits per heavy atom. The Bertz CT molecular complexity index is 482. The molecule has 0 bridgehead atoms. The first-order valence-corrected chi connectivity index (χ1v) is 6.42. The minimum atomic E-state index is 0.0379. The largest absolute Gasteiger partial charge is 0.497 e. The Hall–Kier alpha value is -1.97. The van der Waals surface area contributed by atoms with Crippen LogP contribution < -0.4 is 14.8 Å². The number of methoxy groups -OCH3 is 2. The standard InChI is InChI=1S/C15H19NO3/c1-18-12-8-9-14(19-2)13(10-12)16-15(17)11-6-4-3-5-7-11/h3-4,8-11H,5-7H2,1-2H3,(H,16,17)/t11-/m0/s1. The maximum atomic E-state index is 12.2. The predicted molar refractivity (Wildman–Crippen MR) is 74.7 cm³/mol. The fourth-order valence-electron chi connectivity index (χ4n) is 2.18. The number of rotatable bonds is 4. The number of carbonyl (C=O) groups is 1. The summed E-state index contributed by atoms with van der Waals surface area (Å²) in [5.41, 5.74) is 0.654. The molecule has 102 valence electrons. The van der Waals surface area contributed by atoms with Crippen LogP contribution in [0.3, 0.4) is 0 Å². The molecule has 0 spiro atoms. The lowest BCUT2D eigenvalue weighted by atomic mass is 9.93. The predicted octanol–water partition coefficient (Wildman–Crippen LogP) is 3.00. The lowest BCUT2D eigenvalue weighted by Gasteiger charge is -2.18. The Morgan fingerprint density at radius 2 is 2.11 bits per heavy atom. The second-order valence-electron chi connectivity index (χ2n) is 4.54. The topological polar surface area (TPSA) is 47.6 Å². The van der Waals surface area contributed by atoms with Gasteiger partial charge in [0.15, 0.2) is 0 Å². The van der Waals surface area contributed by atoms with E-state index in [0.717, 1.165) is 19.3 Å². The molecular formula is C15H19NO3. The van der Waals surface area contributed by atoms with Crippen LogP contribution in [0, 0.1) is 5.92 Å². The van der Waals surface area contributed by atoms with E-state index in [9.17, 15) is 4.79 Å². The van der Waals surface area contributed by atoms with Gasteiger partial charge >= 0.3 is 0 Å². The van der Waals surface area contributed by atoms with Gasteiger partial charge in [0.1, 0.15) is 11.5 Å². The lowest BCUT2D eigenvalue weighted by Crippen LogP contribution is -2.23. The van der Waals surface area contributed by atoms with E-state index in [2.05, 4.69) is 17.5 Å². The maximum Gasteiger partial charge on any atom is 0.227 e. The number of anilines is 1. The highest BCUT2D eigenvalue weighted by molar-refractivity contribution is 5.94. The van der Waals surface area contributed by atoms with E-state index in [4.69, 9.17) is 9.47 Å². The Labute approximate surface area is 113 Å². The highest BCUT2D eigenvalue weighted by atomic mass is 16.5. The number of amides is 1. The number of allylic oxidation sites excluding steroid dienone is 2. The molecule has 19 heavy (non-hydrogen) atoms. The van der Waals surface area contributed by atoms with E-state index in [1.54, 1.807) is 32.4 Å². The van der Waals surface area contributed by atoms with Crippen LogP contribution in [-0.4, -0.2) is 20.1 Å². The number of benzene rings is 1. The zero-order chi connectivity index (χ0) is 13.7. The second-order valence-corrected chi connectivity index (χ2v) is 4.54. The normalized spacial score (nSPS) is 17.9. The summed E-state index contributed by atoms with van der Waals surface area (Å²) in [4.78, 5) is 12.2. The highest BCUT2D eigenvalue weighted by Gasteiger charge is 2.20. The molecule has 0 saturated heterocycles. The van der Waals surface area contributed by atoms with Gasteiger partial charge in [0.2, 0.25) is 5.91 Å². The van der Waals surface area contributed by atoms with Crippen molar-refractivity contribution in [2.24, 2.45) is 5.92 Å². The van der Waals surface area contributed by atoms with Crippen LogP contribution in [0.1, 0.15) is 19.3 Å². The average Bonchev–Trinajstić information content (AvgIpc) is 2.48. The van der Waals surface area contributed by atoms with Gasteiger partial charge in [-0.15, -0.1) is 0 Å². The summed E-state index contributed by atoms with van der Waals surface area (Å²) in [6, 6.07) is 5.36. The van der Waals surface area contributed by atoms with Crippen molar-refractivity contribution < 1.29 is 14.3 Å². The van der Waals surface area contributed by atoms with Crippen LogP contribution in [0.2, 0.25) is 0 Å². The molecule has 1 aliphatic rings. The van der Waals surface area contributed by atoms with E-state index >= 15 is 0 Å². The van der Waals surface area contributed by atoms with Crippen molar-refractivity contribution in [3.63, 3.8) is 0 Å². The third-order valence-electron chi connectivity index (χ3n) is 3.30. The smallest absolute Gasteiger partial charge is 0.227 e. The van der Waals surface area contributed by atoms with Crippen molar-refractivity contribution in [1.29, 1.82) is 0 Å². The summed E-state index contributed by atoms with van der Waals surface area (Å²) in [5.74, 6) is 1.41. The third-order valence-corrected chi connectivity index (χ3v) is 3.30. The fourth-order valence-corrected chi connectivity index (χ4v) is 2.18. The first-order valence-electron chi connectivity index (χ1n) is 6.42. The summed E-state index contributed by atoms with van der Waals surface area (Å²) in [5, 5.41) is 2.93. The van der Waals surface area contributed by atoms with Crippen molar-refractivity contribution in [1.82, 2.24) is 0 Å². The molecule has 1 atom stereocenters. The van der Waals surface area contributed by atoms with Gasteiger partial charge in [0.25, 0.3) is 0 Å². The van der Waals surface area contributed by atoms with Gasteiger partial charge in [-0.3, -0.25) is 4.79 Å². The minimum Gasteiger partial charge on any atom is -0.497 e. The number of ether oxygens (including phenoxy) is 2. The van der Waals surface area contributed by atoms with Crippen molar-refractivity contribution in [3.8, 4) is 11.5 Å². The number of hydrogen-bond donors (Lipinski definition) is 1. The molecule has 4 nitrogen and oxygen atoms in total. The molecule has 4 heteroatoms. The summed E-state index contributed by atoms with van der Waals surface area (Å²) in [7, 11) is 3.18. The molecule has 0 unspecified atom stereocenters. The number of carbonyl (C=O) groups excluding carboxylic acids is 1. The van der Waals surface area contributed by atoms with Crippen molar-refractivity contribution in [2.75, 3.05) is 19.5 Å². The van der Waals surface area contributed by atoms with Gasteiger partial charge < -0.3 is 14.8 Å². The van der Waals surface area contributed by atoms with E-state index in [0.29, 0.717) is 17.2 Å². The third kappa shape index (κ3) is 3.28. The molecule has 1 aromatic rings. The van der Waals surface area contributed by atoms with Crippen molar-refractivity contribution >= 4 is 11.6 Å². The summed E-state index contributed by atoms with van der Waals surface area (Å²) < 4.78 is 10.4. The van der Waals surface area contributed by atoms with Gasteiger partial charge in [-0.05, 0) is 31.4 Å². The highest BCUT2D eigenvalue weighted by Crippen LogP contribution is 2.30. The van der Waals surface area contributed by atoms with Crippen molar-refractivity contribution in [3.05, 3.63) is 30.4 Å². The first kappa shape index (κ1) is 13.5. The zero-order valence-electron chi connectivity index (χ0n) is 11.3.